The molecule has 11 nitrogen and oxygen atoms in total. The molecule has 35 heavy (non-hydrogen) atoms. The van der Waals surface area contributed by atoms with E-state index in [4.69, 9.17) is 18.9 Å². The van der Waals surface area contributed by atoms with Crippen molar-refractivity contribution in [1.82, 2.24) is 10.3 Å². The summed E-state index contributed by atoms with van der Waals surface area (Å²) >= 11 is 0. The lowest BCUT2D eigenvalue weighted by molar-refractivity contribution is -0.177. The Morgan fingerprint density at radius 1 is 1.17 bits per heavy atom. The fraction of sp³-hybridized carbons (Fsp3) is 0.625. The number of carbonyl (C=O) groups is 4. The minimum Gasteiger partial charge on any atom is -0.503 e. The average Bonchev–Trinajstić information content (AvgIpc) is 2.83. The van der Waals surface area contributed by atoms with Crippen molar-refractivity contribution in [3.63, 3.8) is 0 Å². The van der Waals surface area contributed by atoms with Crippen molar-refractivity contribution in [3.05, 3.63) is 18.0 Å². The molecule has 0 unspecified atom stereocenters. The van der Waals surface area contributed by atoms with Crippen LogP contribution in [-0.4, -0.2) is 65.4 Å². The van der Waals surface area contributed by atoms with E-state index in [-0.39, 0.29) is 11.4 Å². The lowest BCUT2D eigenvalue weighted by Gasteiger charge is -2.29. The maximum atomic E-state index is 13.1. The maximum absolute atomic E-state index is 13.1. The smallest absolute Gasteiger partial charge is 0.332 e. The molecule has 1 aromatic rings. The first-order valence-corrected chi connectivity index (χ1v) is 11.7. The van der Waals surface area contributed by atoms with Crippen molar-refractivity contribution in [2.24, 2.45) is 11.8 Å². The number of rotatable bonds is 8. The molecular weight excluding hydrogens is 460 g/mol. The van der Waals surface area contributed by atoms with Gasteiger partial charge in [0.1, 0.15) is 12.2 Å². The Balaban J connectivity index is 2.36. The van der Waals surface area contributed by atoms with Crippen LogP contribution in [0.3, 0.4) is 0 Å². The molecule has 1 aromatic heterocycles. The molecule has 0 saturated carbocycles. The van der Waals surface area contributed by atoms with Crippen molar-refractivity contribution in [2.75, 3.05) is 7.11 Å². The number of aromatic hydroxyl groups is 1. The van der Waals surface area contributed by atoms with Crippen molar-refractivity contribution in [2.45, 2.75) is 78.2 Å². The first-order chi connectivity index (χ1) is 16.5. The lowest BCUT2D eigenvalue weighted by Crippen LogP contribution is -2.50. The number of ether oxygens (including phenoxy) is 4. The van der Waals surface area contributed by atoms with Gasteiger partial charge in [0, 0.05) is 12.3 Å². The number of esters is 3. The van der Waals surface area contributed by atoms with Crippen LogP contribution in [0.2, 0.25) is 0 Å². The number of hydrogen-bond acceptors (Lipinski definition) is 10. The topological polar surface area (TPSA) is 150 Å². The fourth-order valence-corrected chi connectivity index (χ4v) is 3.62. The van der Waals surface area contributed by atoms with E-state index in [2.05, 4.69) is 10.3 Å². The fourth-order valence-electron chi connectivity index (χ4n) is 3.62. The number of amides is 1. The summed E-state index contributed by atoms with van der Waals surface area (Å²) in [5, 5.41) is 12.7. The van der Waals surface area contributed by atoms with Gasteiger partial charge in [0.15, 0.2) is 29.3 Å². The minimum atomic E-state index is -1.41. The highest BCUT2D eigenvalue weighted by atomic mass is 16.6. The van der Waals surface area contributed by atoms with Crippen LogP contribution >= 0.6 is 0 Å². The molecule has 2 N–H and O–H groups in total. The number of aromatic nitrogens is 1. The standard InChI is InChI=1S/C24H34N2O9/c1-7-8-9-15-20(35-22(29)12(2)3)14(5)34-24(31)17(13(4)33-23(15)30)26-21(28)18-19(27)16(32-6)10-11-25-18/h10-15,17,20,27H,7-9H2,1-6H3,(H,26,28)/t13-,14+,15-,17+,20+/m1/s1. The van der Waals surface area contributed by atoms with Gasteiger partial charge in [-0.3, -0.25) is 14.4 Å². The zero-order valence-corrected chi connectivity index (χ0v) is 20.9. The van der Waals surface area contributed by atoms with Gasteiger partial charge >= 0.3 is 17.9 Å². The number of pyridine rings is 1. The number of methoxy groups -OCH3 is 1. The minimum absolute atomic E-state index is 0.0175. The summed E-state index contributed by atoms with van der Waals surface area (Å²) in [5.74, 6) is -4.81. The summed E-state index contributed by atoms with van der Waals surface area (Å²) in [7, 11) is 1.31. The molecule has 2 rings (SSSR count). The summed E-state index contributed by atoms with van der Waals surface area (Å²) < 4.78 is 21.7. The van der Waals surface area contributed by atoms with Crippen LogP contribution in [0.4, 0.5) is 0 Å². The van der Waals surface area contributed by atoms with Gasteiger partial charge in [-0.2, -0.15) is 0 Å². The Kier molecular flexibility index (Phi) is 9.85. The van der Waals surface area contributed by atoms with Gasteiger partial charge in [0.05, 0.1) is 18.9 Å². The Hall–Kier alpha value is -3.37. The molecular formula is C24H34N2O9. The molecule has 1 aliphatic heterocycles. The second-order valence-electron chi connectivity index (χ2n) is 8.75. The number of cyclic esters (lactones) is 2. The van der Waals surface area contributed by atoms with Crippen LogP contribution in [0.15, 0.2) is 12.3 Å². The molecule has 194 valence electrons. The molecule has 0 aromatic carbocycles. The maximum Gasteiger partial charge on any atom is 0.332 e. The summed E-state index contributed by atoms with van der Waals surface area (Å²) in [6.07, 6.45) is -0.112. The third kappa shape index (κ3) is 6.83. The summed E-state index contributed by atoms with van der Waals surface area (Å²) in [6, 6.07) is -0.0470. The Morgan fingerprint density at radius 3 is 2.43 bits per heavy atom. The number of nitrogens with one attached hydrogen (secondary N) is 1. The van der Waals surface area contributed by atoms with Gasteiger partial charge in [0.25, 0.3) is 5.91 Å². The van der Waals surface area contributed by atoms with Gasteiger partial charge in [-0.05, 0) is 20.3 Å². The molecule has 1 saturated heterocycles. The second kappa shape index (κ2) is 12.4. The van der Waals surface area contributed by atoms with Crippen LogP contribution in [0.1, 0.15) is 64.4 Å². The third-order valence-electron chi connectivity index (χ3n) is 5.69. The van der Waals surface area contributed by atoms with Crippen LogP contribution in [0.5, 0.6) is 11.5 Å². The number of carbonyl (C=O) groups excluding carboxylic acids is 4. The van der Waals surface area contributed by atoms with Crippen molar-refractivity contribution in [3.8, 4) is 11.5 Å². The van der Waals surface area contributed by atoms with E-state index >= 15 is 0 Å². The van der Waals surface area contributed by atoms with E-state index in [1.165, 1.54) is 33.2 Å². The summed E-state index contributed by atoms with van der Waals surface area (Å²) in [5.41, 5.74) is -0.381. The highest BCUT2D eigenvalue weighted by Crippen LogP contribution is 2.29. The van der Waals surface area contributed by atoms with E-state index in [0.29, 0.717) is 12.8 Å². The molecule has 11 heteroatoms. The highest BCUT2D eigenvalue weighted by molar-refractivity contribution is 5.98. The molecule has 5 atom stereocenters. The van der Waals surface area contributed by atoms with Crippen molar-refractivity contribution >= 4 is 23.8 Å². The van der Waals surface area contributed by atoms with Crippen LogP contribution in [0, 0.1) is 11.8 Å². The van der Waals surface area contributed by atoms with E-state index in [1.807, 2.05) is 6.92 Å². The number of hydrogen-bond donors (Lipinski definition) is 2. The van der Waals surface area contributed by atoms with Crippen LogP contribution in [0.25, 0.3) is 0 Å². The highest BCUT2D eigenvalue weighted by Gasteiger charge is 2.44. The predicted molar refractivity (Wildman–Crippen MR) is 123 cm³/mol. The summed E-state index contributed by atoms with van der Waals surface area (Å²) in [4.78, 5) is 55.2. The van der Waals surface area contributed by atoms with Crippen LogP contribution in [-0.2, 0) is 28.6 Å². The monoisotopic (exact) mass is 494 g/mol. The largest absolute Gasteiger partial charge is 0.503 e. The van der Waals surface area contributed by atoms with E-state index in [9.17, 15) is 24.3 Å². The Morgan fingerprint density at radius 2 is 1.83 bits per heavy atom. The summed E-state index contributed by atoms with van der Waals surface area (Å²) in [6.45, 7) is 8.22. The van der Waals surface area contributed by atoms with Gasteiger partial charge in [-0.1, -0.05) is 33.6 Å². The first kappa shape index (κ1) is 27.9. The SMILES string of the molecule is CCCC[C@H]1C(=O)O[C@H](C)[C@H](NC(=O)c2nccc(OC)c2O)C(=O)O[C@@H](C)[C@@H]1OC(=O)C(C)C. The molecule has 0 spiro atoms. The molecule has 1 fully saturated rings. The lowest BCUT2D eigenvalue weighted by atomic mass is 9.92. The third-order valence-corrected chi connectivity index (χ3v) is 5.69. The quantitative estimate of drug-likeness (QED) is 0.406. The molecule has 0 bridgehead atoms. The normalized spacial score (nSPS) is 24.9. The van der Waals surface area contributed by atoms with Gasteiger partial charge in [0.2, 0.25) is 0 Å². The van der Waals surface area contributed by atoms with E-state index in [1.54, 1.807) is 13.8 Å². The average molecular weight is 495 g/mol. The Bertz CT molecular complexity index is 934. The molecule has 2 heterocycles. The van der Waals surface area contributed by atoms with E-state index < -0.39 is 65.8 Å². The van der Waals surface area contributed by atoms with Crippen LogP contribution < -0.4 is 10.1 Å². The number of unbranched alkanes of at least 4 members (excludes halogenated alkanes) is 1. The zero-order valence-electron chi connectivity index (χ0n) is 20.9. The number of nitrogens with zero attached hydrogens (tertiary/aromatic N) is 1. The molecule has 0 radical (unpaired) electrons. The van der Waals surface area contributed by atoms with Gasteiger partial charge < -0.3 is 29.4 Å². The van der Waals surface area contributed by atoms with Crippen molar-refractivity contribution in [1.29, 1.82) is 0 Å². The molecule has 1 aliphatic rings. The van der Waals surface area contributed by atoms with Gasteiger partial charge in [-0.25, -0.2) is 9.78 Å². The predicted octanol–water partition coefficient (Wildman–Crippen LogP) is 2.15. The Labute approximate surface area is 204 Å². The molecule has 1 amide bonds. The van der Waals surface area contributed by atoms with Gasteiger partial charge in [-0.15, -0.1) is 0 Å². The zero-order chi connectivity index (χ0) is 26.3. The first-order valence-electron chi connectivity index (χ1n) is 11.7. The van der Waals surface area contributed by atoms with Crippen molar-refractivity contribution < 1.29 is 43.2 Å². The van der Waals surface area contributed by atoms with E-state index in [0.717, 1.165) is 6.42 Å². The second-order valence-corrected chi connectivity index (χ2v) is 8.75. The molecule has 0 aliphatic carbocycles.